The van der Waals surface area contributed by atoms with Gasteiger partial charge in [0.1, 0.15) is 0 Å². The molecule has 0 saturated heterocycles. The van der Waals surface area contributed by atoms with E-state index in [2.05, 4.69) is 28.9 Å². The number of thiazole rings is 1. The number of anilines is 1. The molecule has 13 heavy (non-hydrogen) atoms. The molecule has 5 heteroatoms. The van der Waals surface area contributed by atoms with Crippen LogP contribution in [0.5, 0.6) is 0 Å². The van der Waals surface area contributed by atoms with Crippen LogP contribution in [-0.2, 0) is 4.74 Å². The number of carbonyl (C=O) groups is 1. The van der Waals surface area contributed by atoms with Crippen molar-refractivity contribution in [1.82, 2.24) is 4.98 Å². The van der Waals surface area contributed by atoms with Crippen molar-refractivity contribution in [1.29, 1.82) is 0 Å². The Morgan fingerprint density at radius 2 is 2.38 bits per heavy atom. The van der Waals surface area contributed by atoms with Gasteiger partial charge in [0.05, 0.1) is 12.8 Å². The molecule has 0 unspecified atom stereocenters. The average Bonchev–Trinajstić information content (AvgIpc) is 2.52. The van der Waals surface area contributed by atoms with Gasteiger partial charge in [-0.2, -0.15) is 0 Å². The smallest absolute Gasteiger partial charge is 0.413 e. The van der Waals surface area contributed by atoms with Crippen LogP contribution in [0.1, 0.15) is 25.5 Å². The van der Waals surface area contributed by atoms with Crippen LogP contribution in [0.3, 0.4) is 0 Å². The molecule has 1 aromatic rings. The summed E-state index contributed by atoms with van der Waals surface area (Å²) in [6.07, 6.45) is -0.482. The molecule has 4 nitrogen and oxygen atoms in total. The van der Waals surface area contributed by atoms with Crippen molar-refractivity contribution in [2.24, 2.45) is 0 Å². The van der Waals surface area contributed by atoms with E-state index in [4.69, 9.17) is 0 Å². The molecule has 0 saturated carbocycles. The van der Waals surface area contributed by atoms with Gasteiger partial charge in [0.2, 0.25) is 0 Å². The summed E-state index contributed by atoms with van der Waals surface area (Å²) >= 11 is 1.40. The molecule has 0 spiro atoms. The maximum absolute atomic E-state index is 10.8. The van der Waals surface area contributed by atoms with Crippen molar-refractivity contribution in [3.05, 3.63) is 11.1 Å². The van der Waals surface area contributed by atoms with Gasteiger partial charge in [-0.15, -0.1) is 11.3 Å². The molecule has 0 aliphatic carbocycles. The third-order valence-corrected chi connectivity index (χ3v) is 2.28. The van der Waals surface area contributed by atoms with Gasteiger partial charge in [-0.05, 0) is 5.92 Å². The number of aromatic nitrogens is 1. The summed E-state index contributed by atoms with van der Waals surface area (Å²) in [5.74, 6) is 0.379. The number of rotatable bonds is 2. The van der Waals surface area contributed by atoms with Crippen LogP contribution in [0.25, 0.3) is 0 Å². The van der Waals surface area contributed by atoms with Crippen molar-refractivity contribution in [3.8, 4) is 0 Å². The van der Waals surface area contributed by atoms with Crippen LogP contribution in [0, 0.1) is 0 Å². The Hall–Kier alpha value is -1.10. The zero-order valence-corrected chi connectivity index (χ0v) is 8.64. The largest absolute Gasteiger partial charge is 0.453 e. The van der Waals surface area contributed by atoms with Gasteiger partial charge in [0, 0.05) is 5.38 Å². The zero-order valence-electron chi connectivity index (χ0n) is 7.83. The molecule has 0 aliphatic heterocycles. The lowest BCUT2D eigenvalue weighted by Crippen LogP contribution is -2.10. The standard InChI is InChI=1S/C8H12N2O2S/c1-5(2)6-4-13-7(9-6)10-8(11)12-3/h4-5H,1-3H3,(H,9,10,11). The molecule has 1 rings (SSSR count). The van der Waals surface area contributed by atoms with E-state index in [9.17, 15) is 4.79 Å². The molecule has 0 fully saturated rings. The van der Waals surface area contributed by atoms with Crippen molar-refractivity contribution in [2.75, 3.05) is 12.4 Å². The summed E-state index contributed by atoms with van der Waals surface area (Å²) in [5, 5.41) is 5.02. The molecule has 0 bridgehead atoms. The highest BCUT2D eigenvalue weighted by Crippen LogP contribution is 2.21. The van der Waals surface area contributed by atoms with Crippen molar-refractivity contribution in [3.63, 3.8) is 0 Å². The van der Waals surface area contributed by atoms with Crippen LogP contribution in [0.4, 0.5) is 9.93 Å². The Kier molecular flexibility index (Phi) is 3.25. The summed E-state index contributed by atoms with van der Waals surface area (Å²) in [6, 6.07) is 0. The summed E-state index contributed by atoms with van der Waals surface area (Å²) in [6.45, 7) is 4.11. The summed E-state index contributed by atoms with van der Waals surface area (Å²) < 4.78 is 4.44. The number of hydrogen-bond donors (Lipinski definition) is 1. The fraction of sp³-hybridized carbons (Fsp3) is 0.500. The number of hydrogen-bond acceptors (Lipinski definition) is 4. The van der Waals surface area contributed by atoms with E-state index in [1.54, 1.807) is 0 Å². The third-order valence-electron chi connectivity index (χ3n) is 1.51. The number of amides is 1. The lowest BCUT2D eigenvalue weighted by Gasteiger charge is -1.98. The minimum absolute atomic E-state index is 0.379. The zero-order chi connectivity index (χ0) is 9.84. The van der Waals surface area contributed by atoms with Crippen LogP contribution < -0.4 is 5.32 Å². The second kappa shape index (κ2) is 4.23. The molecule has 1 N–H and O–H groups in total. The van der Waals surface area contributed by atoms with Crippen molar-refractivity contribution in [2.45, 2.75) is 19.8 Å². The molecule has 0 atom stereocenters. The van der Waals surface area contributed by atoms with Gasteiger partial charge >= 0.3 is 6.09 Å². The molecular formula is C8H12N2O2S. The minimum Gasteiger partial charge on any atom is -0.453 e. The monoisotopic (exact) mass is 200 g/mol. The molecule has 0 aliphatic rings. The lowest BCUT2D eigenvalue weighted by molar-refractivity contribution is 0.187. The lowest BCUT2D eigenvalue weighted by atomic mass is 10.2. The predicted molar refractivity (Wildman–Crippen MR) is 52.2 cm³/mol. The second-order valence-electron chi connectivity index (χ2n) is 2.85. The molecule has 1 amide bonds. The van der Waals surface area contributed by atoms with E-state index in [1.807, 2.05) is 5.38 Å². The fourth-order valence-corrected chi connectivity index (χ4v) is 1.60. The van der Waals surface area contributed by atoms with Crippen molar-refractivity contribution < 1.29 is 9.53 Å². The number of methoxy groups -OCH3 is 1. The Morgan fingerprint density at radius 1 is 1.69 bits per heavy atom. The molecule has 1 heterocycles. The van der Waals surface area contributed by atoms with Gasteiger partial charge in [-0.3, -0.25) is 5.32 Å². The Bertz CT molecular complexity index is 296. The maximum atomic E-state index is 10.8. The number of nitrogens with one attached hydrogen (secondary N) is 1. The Labute approximate surface area is 80.9 Å². The highest BCUT2D eigenvalue weighted by Gasteiger charge is 2.07. The van der Waals surface area contributed by atoms with Gasteiger partial charge < -0.3 is 4.74 Å². The van der Waals surface area contributed by atoms with Gasteiger partial charge in [0.25, 0.3) is 0 Å². The average molecular weight is 200 g/mol. The number of nitrogens with zero attached hydrogens (tertiary/aromatic N) is 1. The van der Waals surface area contributed by atoms with E-state index in [-0.39, 0.29) is 0 Å². The Morgan fingerprint density at radius 3 is 2.85 bits per heavy atom. The summed E-state index contributed by atoms with van der Waals surface area (Å²) in [7, 11) is 1.33. The van der Waals surface area contributed by atoms with Crippen LogP contribution in [0.15, 0.2) is 5.38 Å². The van der Waals surface area contributed by atoms with E-state index < -0.39 is 6.09 Å². The van der Waals surface area contributed by atoms with Gasteiger partial charge in [0.15, 0.2) is 5.13 Å². The van der Waals surface area contributed by atoms with Gasteiger partial charge in [-0.25, -0.2) is 9.78 Å². The summed E-state index contributed by atoms with van der Waals surface area (Å²) in [5.41, 5.74) is 0.983. The van der Waals surface area contributed by atoms with E-state index in [0.29, 0.717) is 11.0 Å². The third kappa shape index (κ3) is 2.69. The van der Waals surface area contributed by atoms with E-state index in [1.165, 1.54) is 18.4 Å². The topological polar surface area (TPSA) is 51.2 Å². The van der Waals surface area contributed by atoms with Crippen LogP contribution in [-0.4, -0.2) is 18.2 Å². The van der Waals surface area contributed by atoms with Crippen molar-refractivity contribution >= 4 is 22.6 Å². The molecule has 0 radical (unpaired) electrons. The molecule has 72 valence electrons. The van der Waals surface area contributed by atoms with Crippen LogP contribution >= 0.6 is 11.3 Å². The number of carbonyl (C=O) groups excluding carboxylic acids is 1. The molecule has 1 aromatic heterocycles. The molecule has 0 aromatic carbocycles. The van der Waals surface area contributed by atoms with Gasteiger partial charge in [-0.1, -0.05) is 13.8 Å². The predicted octanol–water partition coefficient (Wildman–Crippen LogP) is 2.44. The SMILES string of the molecule is COC(=O)Nc1nc(C(C)C)cs1. The first-order valence-corrected chi connectivity index (χ1v) is 4.82. The Balaban J connectivity index is 2.64. The second-order valence-corrected chi connectivity index (χ2v) is 3.71. The van der Waals surface area contributed by atoms with E-state index >= 15 is 0 Å². The number of ether oxygens (including phenoxy) is 1. The molecular weight excluding hydrogens is 188 g/mol. The van der Waals surface area contributed by atoms with Crippen LogP contribution in [0.2, 0.25) is 0 Å². The quantitative estimate of drug-likeness (QED) is 0.797. The highest BCUT2D eigenvalue weighted by atomic mass is 32.1. The first-order valence-electron chi connectivity index (χ1n) is 3.94. The fourth-order valence-electron chi connectivity index (χ4n) is 0.747. The first kappa shape index (κ1) is 9.98. The normalized spacial score (nSPS) is 10.2. The first-order chi connectivity index (χ1) is 6.13. The maximum Gasteiger partial charge on any atom is 0.413 e. The van der Waals surface area contributed by atoms with E-state index in [0.717, 1.165) is 5.69 Å². The highest BCUT2D eigenvalue weighted by molar-refractivity contribution is 7.13. The summed E-state index contributed by atoms with van der Waals surface area (Å²) in [4.78, 5) is 15.0. The minimum atomic E-state index is -0.482.